The van der Waals surface area contributed by atoms with Gasteiger partial charge in [0.25, 0.3) is 0 Å². The SMILES string of the molecule is COCC1(CNC(=O)CCc2ccc(OC)c(OC)c2OC)CCNCC1. The lowest BCUT2D eigenvalue weighted by atomic mass is 9.79. The summed E-state index contributed by atoms with van der Waals surface area (Å²) in [5.74, 6) is 1.79. The summed E-state index contributed by atoms with van der Waals surface area (Å²) in [7, 11) is 6.47. The van der Waals surface area contributed by atoms with Gasteiger partial charge in [-0.05, 0) is 44.0 Å². The molecule has 1 aliphatic heterocycles. The first-order valence-electron chi connectivity index (χ1n) is 9.33. The van der Waals surface area contributed by atoms with Crippen molar-refractivity contribution in [2.24, 2.45) is 5.41 Å². The lowest BCUT2D eigenvalue weighted by molar-refractivity contribution is -0.122. The average Bonchev–Trinajstić information content (AvgIpc) is 2.70. The molecule has 1 heterocycles. The second kappa shape index (κ2) is 10.4. The van der Waals surface area contributed by atoms with Gasteiger partial charge in [0.1, 0.15) is 0 Å². The molecule has 1 aromatic rings. The topological polar surface area (TPSA) is 78.1 Å². The number of rotatable bonds is 10. The largest absolute Gasteiger partial charge is 0.493 e. The van der Waals surface area contributed by atoms with Gasteiger partial charge in [0.2, 0.25) is 11.7 Å². The van der Waals surface area contributed by atoms with Crippen molar-refractivity contribution in [1.29, 1.82) is 0 Å². The van der Waals surface area contributed by atoms with Gasteiger partial charge in [-0.25, -0.2) is 0 Å². The molecular formula is C20H32N2O5. The molecule has 0 unspecified atom stereocenters. The molecule has 0 spiro atoms. The first kappa shape index (κ1) is 21.3. The van der Waals surface area contributed by atoms with Crippen LogP contribution in [0.1, 0.15) is 24.8 Å². The second-order valence-electron chi connectivity index (χ2n) is 6.95. The highest BCUT2D eigenvalue weighted by Gasteiger charge is 2.32. The van der Waals surface area contributed by atoms with Gasteiger partial charge in [-0.2, -0.15) is 0 Å². The number of aryl methyl sites for hydroxylation is 1. The number of hydrogen-bond donors (Lipinski definition) is 2. The van der Waals surface area contributed by atoms with E-state index in [2.05, 4.69) is 10.6 Å². The minimum atomic E-state index is 0.0245. The molecule has 1 amide bonds. The van der Waals surface area contributed by atoms with Crippen molar-refractivity contribution >= 4 is 5.91 Å². The summed E-state index contributed by atoms with van der Waals surface area (Å²) in [6.07, 6.45) is 2.95. The third-order valence-electron chi connectivity index (χ3n) is 5.18. The van der Waals surface area contributed by atoms with Crippen molar-refractivity contribution < 1.29 is 23.7 Å². The van der Waals surface area contributed by atoms with Crippen molar-refractivity contribution in [3.05, 3.63) is 17.7 Å². The molecule has 0 atom stereocenters. The molecule has 2 rings (SSSR count). The molecule has 1 saturated heterocycles. The zero-order valence-electron chi connectivity index (χ0n) is 16.9. The Labute approximate surface area is 161 Å². The van der Waals surface area contributed by atoms with E-state index in [1.54, 1.807) is 28.4 Å². The number of carbonyl (C=O) groups excluding carboxylic acids is 1. The Hall–Kier alpha value is -1.99. The average molecular weight is 380 g/mol. The fourth-order valence-electron chi connectivity index (χ4n) is 3.62. The monoisotopic (exact) mass is 380 g/mol. The van der Waals surface area contributed by atoms with Gasteiger partial charge >= 0.3 is 0 Å². The molecule has 0 radical (unpaired) electrons. The van der Waals surface area contributed by atoms with Crippen molar-refractivity contribution in [1.82, 2.24) is 10.6 Å². The standard InChI is InChI=1S/C20H32N2O5/c1-24-14-20(9-11-21-12-10-20)13-22-17(23)8-6-15-5-7-16(25-2)19(27-4)18(15)26-3/h5,7,21H,6,8-14H2,1-4H3,(H,22,23). The third kappa shape index (κ3) is 5.49. The van der Waals surface area contributed by atoms with Crippen LogP contribution in [0.5, 0.6) is 17.2 Å². The molecule has 7 heteroatoms. The van der Waals surface area contributed by atoms with Crippen LogP contribution in [0.4, 0.5) is 0 Å². The Kier molecular flexibility index (Phi) is 8.19. The van der Waals surface area contributed by atoms with E-state index in [1.807, 2.05) is 12.1 Å². The summed E-state index contributed by atoms with van der Waals surface area (Å²) < 4.78 is 21.6. The summed E-state index contributed by atoms with van der Waals surface area (Å²) in [6, 6.07) is 3.74. The molecule has 0 aliphatic carbocycles. The highest BCUT2D eigenvalue weighted by molar-refractivity contribution is 5.76. The van der Waals surface area contributed by atoms with Gasteiger partial charge < -0.3 is 29.6 Å². The third-order valence-corrected chi connectivity index (χ3v) is 5.18. The zero-order chi connectivity index (χ0) is 19.7. The van der Waals surface area contributed by atoms with Crippen molar-refractivity contribution in [2.45, 2.75) is 25.7 Å². The van der Waals surface area contributed by atoms with E-state index >= 15 is 0 Å². The first-order valence-corrected chi connectivity index (χ1v) is 9.33. The molecule has 1 aliphatic rings. The quantitative estimate of drug-likeness (QED) is 0.644. The summed E-state index contributed by atoms with van der Waals surface area (Å²) in [4.78, 5) is 12.4. The van der Waals surface area contributed by atoms with Crippen LogP contribution in [0, 0.1) is 5.41 Å². The van der Waals surface area contributed by atoms with E-state index < -0.39 is 0 Å². The maximum Gasteiger partial charge on any atom is 0.220 e. The van der Waals surface area contributed by atoms with Gasteiger partial charge in [-0.3, -0.25) is 4.79 Å². The van der Waals surface area contributed by atoms with Crippen LogP contribution in [-0.2, 0) is 16.0 Å². The molecule has 0 aromatic heterocycles. The van der Waals surface area contributed by atoms with Crippen LogP contribution in [0.15, 0.2) is 12.1 Å². The molecule has 7 nitrogen and oxygen atoms in total. The van der Waals surface area contributed by atoms with E-state index in [4.69, 9.17) is 18.9 Å². The van der Waals surface area contributed by atoms with E-state index in [-0.39, 0.29) is 11.3 Å². The molecule has 2 N–H and O–H groups in total. The van der Waals surface area contributed by atoms with E-state index in [9.17, 15) is 4.79 Å². The maximum atomic E-state index is 12.4. The van der Waals surface area contributed by atoms with Gasteiger partial charge in [0.15, 0.2) is 11.5 Å². The number of amides is 1. The number of carbonyl (C=O) groups is 1. The summed E-state index contributed by atoms with van der Waals surface area (Å²) in [5, 5.41) is 6.45. The predicted octanol–water partition coefficient (Wildman–Crippen LogP) is 1.78. The number of hydrogen-bond acceptors (Lipinski definition) is 6. The molecule has 152 valence electrons. The van der Waals surface area contributed by atoms with Crippen LogP contribution in [0.3, 0.4) is 0 Å². The second-order valence-corrected chi connectivity index (χ2v) is 6.95. The number of benzene rings is 1. The summed E-state index contributed by atoms with van der Waals surface area (Å²) in [5.41, 5.74) is 0.940. The predicted molar refractivity (Wildman–Crippen MR) is 104 cm³/mol. The molecule has 1 fully saturated rings. The number of methoxy groups -OCH3 is 4. The minimum absolute atomic E-state index is 0.0245. The Morgan fingerprint density at radius 1 is 1.07 bits per heavy atom. The fraction of sp³-hybridized carbons (Fsp3) is 0.650. The zero-order valence-corrected chi connectivity index (χ0v) is 16.9. The Morgan fingerprint density at radius 2 is 1.78 bits per heavy atom. The fourth-order valence-corrected chi connectivity index (χ4v) is 3.62. The van der Waals surface area contributed by atoms with E-state index in [1.165, 1.54) is 0 Å². The normalized spacial score (nSPS) is 15.9. The van der Waals surface area contributed by atoms with Crippen LogP contribution in [0.2, 0.25) is 0 Å². The van der Waals surface area contributed by atoms with Crippen LogP contribution >= 0.6 is 0 Å². The van der Waals surface area contributed by atoms with Crippen LogP contribution < -0.4 is 24.8 Å². The first-order chi connectivity index (χ1) is 13.1. The minimum Gasteiger partial charge on any atom is -0.493 e. The van der Waals surface area contributed by atoms with Crippen LogP contribution in [-0.4, -0.2) is 60.6 Å². The van der Waals surface area contributed by atoms with Gasteiger partial charge in [0.05, 0.1) is 27.9 Å². The maximum absolute atomic E-state index is 12.4. The van der Waals surface area contributed by atoms with Crippen LogP contribution in [0.25, 0.3) is 0 Å². The lowest BCUT2D eigenvalue weighted by Crippen LogP contribution is -2.47. The van der Waals surface area contributed by atoms with Crippen molar-refractivity contribution in [3.63, 3.8) is 0 Å². The molecule has 0 bridgehead atoms. The molecular weight excluding hydrogens is 348 g/mol. The highest BCUT2D eigenvalue weighted by Crippen LogP contribution is 2.40. The Bertz CT molecular complexity index is 609. The number of piperidine rings is 1. The number of nitrogens with one attached hydrogen (secondary N) is 2. The highest BCUT2D eigenvalue weighted by atomic mass is 16.5. The lowest BCUT2D eigenvalue weighted by Gasteiger charge is -2.37. The Morgan fingerprint density at radius 3 is 2.37 bits per heavy atom. The van der Waals surface area contributed by atoms with E-state index in [0.29, 0.717) is 43.2 Å². The summed E-state index contributed by atoms with van der Waals surface area (Å²) in [6.45, 7) is 3.23. The van der Waals surface area contributed by atoms with Gasteiger partial charge in [0, 0.05) is 25.5 Å². The Balaban J connectivity index is 1.95. The molecule has 27 heavy (non-hydrogen) atoms. The van der Waals surface area contributed by atoms with Gasteiger partial charge in [-0.1, -0.05) is 6.07 Å². The van der Waals surface area contributed by atoms with E-state index in [0.717, 1.165) is 31.5 Å². The van der Waals surface area contributed by atoms with Crippen molar-refractivity contribution in [2.75, 3.05) is 54.7 Å². The smallest absolute Gasteiger partial charge is 0.220 e. The van der Waals surface area contributed by atoms with Crippen molar-refractivity contribution in [3.8, 4) is 17.2 Å². The molecule has 0 saturated carbocycles. The number of ether oxygens (including phenoxy) is 4. The summed E-state index contributed by atoms with van der Waals surface area (Å²) >= 11 is 0. The molecule has 1 aromatic carbocycles. The van der Waals surface area contributed by atoms with Gasteiger partial charge in [-0.15, -0.1) is 0 Å².